The van der Waals surface area contributed by atoms with Crippen LogP contribution in [0.2, 0.25) is 0 Å². The van der Waals surface area contributed by atoms with Crippen molar-refractivity contribution in [3.05, 3.63) is 71.8 Å². The van der Waals surface area contributed by atoms with E-state index in [9.17, 15) is 10.2 Å². The molecular weight excluding hydrogens is 334 g/mol. The van der Waals surface area contributed by atoms with Gasteiger partial charge in [-0.2, -0.15) is 0 Å². The second-order valence-electron chi connectivity index (χ2n) is 7.73. The van der Waals surface area contributed by atoms with Gasteiger partial charge in [-0.3, -0.25) is 0 Å². The SMILES string of the molecule is C=C(C)[C@@H]1CCC(C)=CC1c1c(O)cc(-c2cc3ccccc3[nH]2)cc1O. The second-order valence-corrected chi connectivity index (χ2v) is 7.73. The third-order valence-electron chi connectivity index (χ3n) is 5.69. The lowest BCUT2D eigenvalue weighted by molar-refractivity contribution is 0.407. The van der Waals surface area contributed by atoms with Crippen LogP contribution in [-0.2, 0) is 0 Å². The van der Waals surface area contributed by atoms with Crippen molar-refractivity contribution in [2.24, 2.45) is 5.92 Å². The molecule has 0 fully saturated rings. The van der Waals surface area contributed by atoms with Crippen molar-refractivity contribution in [3.8, 4) is 22.8 Å². The predicted molar refractivity (Wildman–Crippen MR) is 111 cm³/mol. The highest BCUT2D eigenvalue weighted by Crippen LogP contribution is 2.47. The summed E-state index contributed by atoms with van der Waals surface area (Å²) in [5.41, 5.74) is 5.65. The standard InChI is InChI=1S/C24H25NO2/c1-14(2)18-9-8-15(3)10-19(18)24-22(26)12-17(13-23(24)27)21-11-16-6-4-5-7-20(16)25-21/h4-7,10-13,18-19,25-27H,1,8-9H2,2-3H3/t18-,19?/m0/s1. The maximum atomic E-state index is 10.8. The minimum Gasteiger partial charge on any atom is -0.507 e. The number of para-hydroxylation sites is 1. The number of phenolic OH excluding ortho intramolecular Hbond substituents is 2. The van der Waals surface area contributed by atoms with Gasteiger partial charge in [-0.1, -0.05) is 42.0 Å². The van der Waals surface area contributed by atoms with Crippen LogP contribution in [0, 0.1) is 5.92 Å². The first-order valence-corrected chi connectivity index (χ1v) is 9.40. The van der Waals surface area contributed by atoms with E-state index in [1.54, 1.807) is 12.1 Å². The molecule has 3 heteroatoms. The molecule has 2 aromatic carbocycles. The average Bonchev–Trinajstić information content (AvgIpc) is 3.05. The fraction of sp³-hybridized carbons (Fsp3) is 0.250. The van der Waals surface area contributed by atoms with Crippen molar-refractivity contribution >= 4 is 10.9 Å². The van der Waals surface area contributed by atoms with Crippen LogP contribution in [0.15, 0.2) is 66.3 Å². The maximum absolute atomic E-state index is 10.8. The molecule has 3 aromatic rings. The molecule has 0 aliphatic heterocycles. The van der Waals surface area contributed by atoms with Gasteiger partial charge in [0.15, 0.2) is 0 Å². The Hall–Kier alpha value is -2.94. The van der Waals surface area contributed by atoms with Gasteiger partial charge >= 0.3 is 0 Å². The zero-order chi connectivity index (χ0) is 19.1. The summed E-state index contributed by atoms with van der Waals surface area (Å²) in [6.07, 6.45) is 4.19. The molecule has 3 N–H and O–H groups in total. The summed E-state index contributed by atoms with van der Waals surface area (Å²) in [6, 6.07) is 13.5. The zero-order valence-electron chi connectivity index (χ0n) is 15.8. The molecule has 27 heavy (non-hydrogen) atoms. The third-order valence-corrected chi connectivity index (χ3v) is 5.69. The van der Waals surface area contributed by atoms with Crippen LogP contribution in [0.3, 0.4) is 0 Å². The van der Waals surface area contributed by atoms with Crippen molar-refractivity contribution in [2.75, 3.05) is 0 Å². The van der Waals surface area contributed by atoms with E-state index in [-0.39, 0.29) is 23.3 Å². The maximum Gasteiger partial charge on any atom is 0.123 e. The summed E-state index contributed by atoms with van der Waals surface area (Å²) in [5, 5.41) is 22.7. The third kappa shape index (κ3) is 3.14. The molecule has 3 nitrogen and oxygen atoms in total. The van der Waals surface area contributed by atoms with Gasteiger partial charge in [-0.25, -0.2) is 0 Å². The summed E-state index contributed by atoms with van der Waals surface area (Å²) in [4.78, 5) is 3.35. The molecule has 2 atom stereocenters. The van der Waals surface area contributed by atoms with Crippen LogP contribution in [0.5, 0.6) is 11.5 Å². The number of aromatic amines is 1. The Bertz CT molecular complexity index is 1000. The quantitative estimate of drug-likeness (QED) is 0.483. The number of phenols is 2. The Morgan fingerprint density at radius 1 is 1.11 bits per heavy atom. The van der Waals surface area contributed by atoms with E-state index in [2.05, 4.69) is 24.6 Å². The van der Waals surface area contributed by atoms with Gasteiger partial charge in [0.1, 0.15) is 11.5 Å². The first-order chi connectivity index (χ1) is 12.9. The summed E-state index contributed by atoms with van der Waals surface area (Å²) < 4.78 is 0. The van der Waals surface area contributed by atoms with Gasteiger partial charge in [0.2, 0.25) is 0 Å². The molecular formula is C24H25NO2. The molecule has 0 saturated carbocycles. The van der Waals surface area contributed by atoms with Crippen LogP contribution in [0.1, 0.15) is 38.2 Å². The highest BCUT2D eigenvalue weighted by atomic mass is 16.3. The molecule has 1 aromatic heterocycles. The number of rotatable bonds is 3. The number of fused-ring (bicyclic) bond motifs is 1. The van der Waals surface area contributed by atoms with Gasteiger partial charge in [-0.05, 0) is 56.9 Å². The molecule has 1 aliphatic carbocycles. The molecule has 0 bridgehead atoms. The number of allylic oxidation sites excluding steroid dienone is 3. The van der Waals surface area contributed by atoms with Crippen LogP contribution in [-0.4, -0.2) is 15.2 Å². The fourth-order valence-electron chi connectivity index (χ4n) is 4.26. The minimum atomic E-state index is -0.0481. The molecule has 1 heterocycles. The second kappa shape index (κ2) is 6.66. The minimum absolute atomic E-state index is 0.0481. The normalized spacial score (nSPS) is 19.9. The Balaban J connectivity index is 1.80. The number of H-pyrrole nitrogens is 1. The molecule has 1 aliphatic rings. The summed E-state index contributed by atoms with van der Waals surface area (Å²) in [6.45, 7) is 8.26. The number of nitrogens with one attached hydrogen (secondary N) is 1. The smallest absolute Gasteiger partial charge is 0.123 e. The van der Waals surface area contributed by atoms with Gasteiger partial charge in [0.05, 0.1) is 0 Å². The first-order valence-electron chi connectivity index (χ1n) is 9.40. The number of hydrogen-bond donors (Lipinski definition) is 3. The van der Waals surface area contributed by atoms with Crippen molar-refractivity contribution in [3.63, 3.8) is 0 Å². The lowest BCUT2D eigenvalue weighted by Crippen LogP contribution is -2.17. The number of aromatic nitrogens is 1. The lowest BCUT2D eigenvalue weighted by Gasteiger charge is -2.31. The molecule has 1 unspecified atom stereocenters. The summed E-state index contributed by atoms with van der Waals surface area (Å²) >= 11 is 0. The zero-order valence-corrected chi connectivity index (χ0v) is 15.8. The molecule has 0 radical (unpaired) electrons. The van der Waals surface area contributed by atoms with E-state index < -0.39 is 0 Å². The van der Waals surface area contributed by atoms with E-state index in [1.165, 1.54) is 5.57 Å². The number of benzene rings is 2. The van der Waals surface area contributed by atoms with Crippen molar-refractivity contribution < 1.29 is 10.2 Å². The molecule has 0 saturated heterocycles. The highest BCUT2D eigenvalue weighted by molar-refractivity contribution is 5.86. The monoisotopic (exact) mass is 359 g/mol. The van der Waals surface area contributed by atoms with Crippen LogP contribution in [0.4, 0.5) is 0 Å². The van der Waals surface area contributed by atoms with Gasteiger partial charge in [0, 0.05) is 33.6 Å². The Kier molecular flexibility index (Phi) is 4.31. The van der Waals surface area contributed by atoms with Crippen LogP contribution in [0.25, 0.3) is 22.2 Å². The van der Waals surface area contributed by atoms with Crippen LogP contribution < -0.4 is 0 Å². The molecule has 0 amide bonds. The molecule has 0 spiro atoms. The molecule has 4 rings (SSSR count). The largest absolute Gasteiger partial charge is 0.507 e. The lowest BCUT2D eigenvalue weighted by atomic mass is 9.73. The van der Waals surface area contributed by atoms with Gasteiger partial charge in [-0.15, -0.1) is 0 Å². The Morgan fingerprint density at radius 2 is 1.81 bits per heavy atom. The molecule has 138 valence electrons. The fourth-order valence-corrected chi connectivity index (χ4v) is 4.26. The number of hydrogen-bond acceptors (Lipinski definition) is 2. The summed E-state index contributed by atoms with van der Waals surface area (Å²) in [7, 11) is 0. The van der Waals surface area contributed by atoms with Crippen molar-refractivity contribution in [1.29, 1.82) is 0 Å². The highest BCUT2D eigenvalue weighted by Gasteiger charge is 2.30. The van der Waals surface area contributed by atoms with E-state index in [4.69, 9.17) is 0 Å². The van der Waals surface area contributed by atoms with E-state index in [0.29, 0.717) is 5.56 Å². The van der Waals surface area contributed by atoms with E-state index in [0.717, 1.165) is 40.6 Å². The summed E-state index contributed by atoms with van der Waals surface area (Å²) in [5.74, 6) is 0.439. The number of aromatic hydroxyl groups is 2. The Morgan fingerprint density at radius 3 is 2.48 bits per heavy atom. The predicted octanol–water partition coefficient (Wildman–Crippen LogP) is 6.26. The Labute approximate surface area is 159 Å². The van der Waals surface area contributed by atoms with E-state index >= 15 is 0 Å². The van der Waals surface area contributed by atoms with Gasteiger partial charge in [0.25, 0.3) is 0 Å². The average molecular weight is 359 g/mol. The van der Waals surface area contributed by atoms with Crippen LogP contribution >= 0.6 is 0 Å². The van der Waals surface area contributed by atoms with Gasteiger partial charge < -0.3 is 15.2 Å². The van der Waals surface area contributed by atoms with Crippen molar-refractivity contribution in [2.45, 2.75) is 32.6 Å². The van der Waals surface area contributed by atoms with Crippen molar-refractivity contribution in [1.82, 2.24) is 4.98 Å². The first kappa shape index (κ1) is 17.5. The topological polar surface area (TPSA) is 56.2 Å². The van der Waals surface area contributed by atoms with E-state index in [1.807, 2.05) is 37.3 Å².